The van der Waals surface area contributed by atoms with Crippen molar-refractivity contribution in [3.8, 4) is 0 Å². The van der Waals surface area contributed by atoms with Crippen LogP contribution in [-0.2, 0) is 24.1 Å². The Morgan fingerprint density at radius 2 is 2.00 bits per heavy atom. The van der Waals surface area contributed by atoms with Crippen molar-refractivity contribution in [2.24, 2.45) is 19.9 Å². The zero-order chi connectivity index (χ0) is 15.8. The molecule has 0 saturated carbocycles. The van der Waals surface area contributed by atoms with E-state index in [1.54, 1.807) is 27.1 Å². The van der Waals surface area contributed by atoms with Gasteiger partial charge in [-0.15, -0.1) is 0 Å². The molecule has 0 atom stereocenters. The molecular formula is C11H16N6O3S. The minimum absolute atomic E-state index is 0.0394. The van der Waals surface area contributed by atoms with Gasteiger partial charge < -0.3 is 4.57 Å². The Hall–Kier alpha value is -2.33. The summed E-state index contributed by atoms with van der Waals surface area (Å²) in [5.41, 5.74) is 2.78. The predicted molar refractivity (Wildman–Crippen MR) is 75.8 cm³/mol. The second kappa shape index (κ2) is 5.22. The number of aryl methyl sites for hydroxylation is 3. The van der Waals surface area contributed by atoms with Gasteiger partial charge in [-0.3, -0.25) is 19.6 Å². The fourth-order valence-electron chi connectivity index (χ4n) is 1.88. The minimum atomic E-state index is -3.82. The highest BCUT2D eigenvalue weighted by molar-refractivity contribution is 7.92. The molecule has 0 bridgehead atoms. The van der Waals surface area contributed by atoms with Crippen molar-refractivity contribution in [2.45, 2.75) is 11.8 Å². The number of hydrazine groups is 1. The lowest BCUT2D eigenvalue weighted by Gasteiger charge is -2.05. The third-order valence-corrected chi connectivity index (χ3v) is 4.22. The van der Waals surface area contributed by atoms with E-state index in [1.165, 1.54) is 21.5 Å². The molecule has 0 aromatic carbocycles. The molecule has 10 heteroatoms. The quantitative estimate of drug-likeness (QED) is 0.398. The van der Waals surface area contributed by atoms with Gasteiger partial charge in [-0.25, -0.2) is 14.3 Å². The average molecular weight is 312 g/mol. The Bertz CT molecular complexity index is 789. The first-order chi connectivity index (χ1) is 9.74. The number of carbonyl (C=O) groups excluding carboxylic acids is 1. The topological polar surface area (TPSA) is 124 Å². The lowest BCUT2D eigenvalue weighted by Crippen LogP contribution is -2.31. The first-order valence-corrected chi connectivity index (χ1v) is 7.43. The number of amides is 1. The van der Waals surface area contributed by atoms with Crippen LogP contribution in [0.15, 0.2) is 23.2 Å². The maximum atomic E-state index is 12.3. The van der Waals surface area contributed by atoms with Crippen molar-refractivity contribution in [1.82, 2.24) is 19.8 Å². The van der Waals surface area contributed by atoms with E-state index < -0.39 is 15.9 Å². The summed E-state index contributed by atoms with van der Waals surface area (Å²) in [4.78, 5) is 11.5. The third kappa shape index (κ3) is 2.90. The number of nitrogens with one attached hydrogen (secondary N) is 2. The fourth-order valence-corrected chi connectivity index (χ4v) is 3.03. The monoisotopic (exact) mass is 312 g/mol. The molecule has 9 nitrogen and oxygen atoms in total. The number of aromatic nitrogens is 3. The molecule has 0 aliphatic heterocycles. The Morgan fingerprint density at radius 1 is 1.33 bits per heavy atom. The van der Waals surface area contributed by atoms with E-state index in [9.17, 15) is 13.2 Å². The van der Waals surface area contributed by atoms with Crippen LogP contribution in [0.25, 0.3) is 0 Å². The van der Waals surface area contributed by atoms with Gasteiger partial charge >= 0.3 is 0 Å². The zero-order valence-electron chi connectivity index (χ0n) is 11.8. The highest BCUT2D eigenvalue weighted by Crippen LogP contribution is 2.18. The van der Waals surface area contributed by atoms with Crippen LogP contribution in [0.4, 0.5) is 5.82 Å². The molecule has 4 N–H and O–H groups in total. The van der Waals surface area contributed by atoms with Crippen LogP contribution in [0.3, 0.4) is 0 Å². The summed E-state index contributed by atoms with van der Waals surface area (Å²) >= 11 is 0. The van der Waals surface area contributed by atoms with E-state index >= 15 is 0 Å². The molecule has 0 aliphatic rings. The number of nitrogens with two attached hydrogens (primary N) is 1. The molecule has 2 heterocycles. The van der Waals surface area contributed by atoms with Gasteiger partial charge in [-0.05, 0) is 13.0 Å². The van der Waals surface area contributed by atoms with Crippen LogP contribution in [0.5, 0.6) is 0 Å². The summed E-state index contributed by atoms with van der Waals surface area (Å²) in [6.45, 7) is 1.75. The summed E-state index contributed by atoms with van der Waals surface area (Å²) in [5, 5.41) is 4.06. The summed E-state index contributed by atoms with van der Waals surface area (Å²) < 4.78 is 29.8. The molecule has 0 radical (unpaired) electrons. The number of carbonyl (C=O) groups is 1. The third-order valence-electron chi connectivity index (χ3n) is 2.89. The largest absolute Gasteiger partial charge is 0.345 e. The van der Waals surface area contributed by atoms with E-state index in [0.29, 0.717) is 11.5 Å². The van der Waals surface area contributed by atoms with Crippen molar-refractivity contribution in [1.29, 1.82) is 0 Å². The predicted octanol–water partition coefficient (Wildman–Crippen LogP) is -0.529. The van der Waals surface area contributed by atoms with Crippen LogP contribution in [0.1, 0.15) is 16.2 Å². The number of sulfonamides is 1. The first-order valence-electron chi connectivity index (χ1n) is 5.95. The minimum Gasteiger partial charge on any atom is -0.345 e. The van der Waals surface area contributed by atoms with Gasteiger partial charge in [-0.2, -0.15) is 5.10 Å². The summed E-state index contributed by atoms with van der Waals surface area (Å²) in [5.74, 6) is 4.81. The SMILES string of the molecule is Cc1cc(NS(=O)(=O)c2cc(C(=O)NN)n(C)c2)n(C)n1. The highest BCUT2D eigenvalue weighted by Gasteiger charge is 2.21. The molecule has 2 rings (SSSR count). The molecule has 2 aromatic heterocycles. The number of nitrogens with zero attached hydrogens (tertiary/aromatic N) is 3. The molecule has 114 valence electrons. The Balaban J connectivity index is 2.36. The molecule has 0 unspecified atom stereocenters. The molecule has 0 fully saturated rings. The van der Waals surface area contributed by atoms with Crippen molar-refractivity contribution in [2.75, 3.05) is 4.72 Å². The highest BCUT2D eigenvalue weighted by atomic mass is 32.2. The summed E-state index contributed by atoms with van der Waals surface area (Å²) in [6, 6.07) is 2.85. The molecule has 0 saturated heterocycles. The van der Waals surface area contributed by atoms with Crippen LogP contribution in [-0.4, -0.2) is 28.7 Å². The van der Waals surface area contributed by atoms with Crippen LogP contribution >= 0.6 is 0 Å². The average Bonchev–Trinajstić information content (AvgIpc) is 2.92. The normalized spacial score (nSPS) is 11.4. The summed E-state index contributed by atoms with van der Waals surface area (Å²) in [6.07, 6.45) is 1.33. The lowest BCUT2D eigenvalue weighted by atomic mass is 10.4. The zero-order valence-corrected chi connectivity index (χ0v) is 12.6. The molecule has 21 heavy (non-hydrogen) atoms. The molecule has 0 aliphatic carbocycles. The van der Waals surface area contributed by atoms with E-state index in [0.717, 1.165) is 0 Å². The second-order valence-corrected chi connectivity index (χ2v) is 6.23. The standard InChI is InChI=1S/C11H16N6O3S/c1-7-4-10(17(3)14-7)15-21(19,20)8-5-9(11(18)13-12)16(2)6-8/h4-6,15H,12H2,1-3H3,(H,13,18). The van der Waals surface area contributed by atoms with Gasteiger partial charge in [0.05, 0.1) is 5.69 Å². The summed E-state index contributed by atoms with van der Waals surface area (Å²) in [7, 11) is -0.637. The smallest absolute Gasteiger partial charge is 0.281 e. The van der Waals surface area contributed by atoms with Crippen molar-refractivity contribution in [3.05, 3.63) is 29.7 Å². The Morgan fingerprint density at radius 3 is 2.52 bits per heavy atom. The van der Waals surface area contributed by atoms with Gasteiger partial charge in [0.15, 0.2) is 0 Å². The lowest BCUT2D eigenvalue weighted by molar-refractivity contribution is 0.0945. The second-order valence-electron chi connectivity index (χ2n) is 4.55. The number of nitrogen functional groups attached to an aromatic ring is 1. The number of hydrogen-bond acceptors (Lipinski definition) is 5. The maximum Gasteiger partial charge on any atom is 0.281 e. The number of rotatable bonds is 4. The van der Waals surface area contributed by atoms with Gasteiger partial charge in [0.1, 0.15) is 16.4 Å². The fraction of sp³-hybridized carbons (Fsp3) is 0.273. The van der Waals surface area contributed by atoms with Gasteiger partial charge in [0.2, 0.25) is 0 Å². The number of hydrogen-bond donors (Lipinski definition) is 3. The van der Waals surface area contributed by atoms with E-state index in [2.05, 4.69) is 9.82 Å². The van der Waals surface area contributed by atoms with Crippen molar-refractivity contribution >= 4 is 21.7 Å². The maximum absolute atomic E-state index is 12.3. The molecule has 2 aromatic rings. The van der Waals surface area contributed by atoms with Gasteiger partial charge in [0, 0.05) is 26.4 Å². The van der Waals surface area contributed by atoms with E-state index in [1.807, 2.05) is 5.43 Å². The molecular weight excluding hydrogens is 296 g/mol. The first kappa shape index (κ1) is 15.1. The van der Waals surface area contributed by atoms with Gasteiger partial charge in [-0.1, -0.05) is 0 Å². The Labute approximate surface area is 121 Å². The Kier molecular flexibility index (Phi) is 3.75. The van der Waals surface area contributed by atoms with E-state index in [-0.39, 0.29) is 10.6 Å². The number of anilines is 1. The van der Waals surface area contributed by atoms with Gasteiger partial charge in [0.25, 0.3) is 15.9 Å². The van der Waals surface area contributed by atoms with Crippen LogP contribution < -0.4 is 16.0 Å². The van der Waals surface area contributed by atoms with Crippen LogP contribution in [0.2, 0.25) is 0 Å². The van der Waals surface area contributed by atoms with Crippen molar-refractivity contribution < 1.29 is 13.2 Å². The van der Waals surface area contributed by atoms with Crippen molar-refractivity contribution in [3.63, 3.8) is 0 Å². The molecule has 0 spiro atoms. The molecule has 1 amide bonds. The van der Waals surface area contributed by atoms with E-state index in [4.69, 9.17) is 5.84 Å². The van der Waals surface area contributed by atoms with Crippen LogP contribution in [0, 0.1) is 6.92 Å².